The van der Waals surface area contributed by atoms with Crippen LogP contribution in [-0.4, -0.2) is 28.9 Å². The molecule has 0 fully saturated rings. The van der Waals surface area contributed by atoms with E-state index in [9.17, 15) is 9.36 Å². The second-order valence-electron chi connectivity index (χ2n) is 9.15. The molecule has 0 amide bonds. The number of carbonyl (C=O) groups is 1. The molecule has 0 bridgehead atoms. The van der Waals surface area contributed by atoms with Gasteiger partial charge in [-0.15, -0.1) is 4.89 Å². The van der Waals surface area contributed by atoms with E-state index in [2.05, 4.69) is 0 Å². The number of ether oxygens (including phenoxy) is 2. The molecule has 0 saturated heterocycles. The van der Waals surface area contributed by atoms with Gasteiger partial charge in [0.15, 0.2) is 0 Å². The molecule has 2 unspecified atom stereocenters. The van der Waals surface area contributed by atoms with Crippen LogP contribution < -0.4 is 0 Å². The van der Waals surface area contributed by atoms with Crippen LogP contribution in [0.4, 0.5) is 0 Å². The minimum absolute atomic E-state index is 0.214. The van der Waals surface area contributed by atoms with Crippen molar-refractivity contribution in [2.24, 2.45) is 10.8 Å². The Balaban J connectivity index is 5.04. The molecule has 1 N–H and O–H groups in total. The molecule has 26 heavy (non-hydrogen) atoms. The summed E-state index contributed by atoms with van der Waals surface area (Å²) in [7, 11) is -2.75. The average Bonchev–Trinajstić information content (AvgIpc) is 2.33. The SMILES string of the molecule is CC(C)=CC(C)(C(=O)OC(C)(C)CCOC(C)(C)O[P+](=O)O)C(C)(C)C. The highest BCUT2D eigenvalue weighted by atomic mass is 31.1. The van der Waals surface area contributed by atoms with Crippen molar-refractivity contribution in [3.05, 3.63) is 11.6 Å². The normalized spacial score (nSPS) is 15.9. The topological polar surface area (TPSA) is 82.1 Å². The van der Waals surface area contributed by atoms with Crippen LogP contribution in [0.25, 0.3) is 0 Å². The molecule has 0 aliphatic rings. The van der Waals surface area contributed by atoms with Gasteiger partial charge in [-0.05, 0) is 53.9 Å². The lowest BCUT2D eigenvalue weighted by atomic mass is 9.67. The van der Waals surface area contributed by atoms with Gasteiger partial charge in [0.05, 0.1) is 12.0 Å². The van der Waals surface area contributed by atoms with Gasteiger partial charge in [-0.2, -0.15) is 0 Å². The number of allylic oxidation sites excluding steroid dienone is 1. The molecule has 0 spiro atoms. The summed E-state index contributed by atoms with van der Waals surface area (Å²) in [5.41, 5.74) is -0.772. The van der Waals surface area contributed by atoms with Crippen molar-refractivity contribution in [2.45, 2.75) is 87.0 Å². The number of esters is 1. The lowest BCUT2D eigenvalue weighted by Gasteiger charge is -2.40. The zero-order valence-electron chi connectivity index (χ0n) is 17.9. The van der Waals surface area contributed by atoms with E-state index in [1.54, 1.807) is 13.8 Å². The molecule has 0 aromatic carbocycles. The first-order chi connectivity index (χ1) is 11.4. The van der Waals surface area contributed by atoms with E-state index in [-0.39, 0.29) is 18.0 Å². The lowest BCUT2D eigenvalue weighted by molar-refractivity contribution is -0.181. The smallest absolute Gasteiger partial charge is 0.459 e. The molecule has 0 aromatic heterocycles. The first-order valence-corrected chi connectivity index (χ1v) is 9.94. The summed E-state index contributed by atoms with van der Waals surface area (Å²) in [4.78, 5) is 21.8. The first kappa shape index (κ1) is 25.2. The number of hydrogen-bond donors (Lipinski definition) is 1. The Bertz CT molecular complexity index is 541. The van der Waals surface area contributed by atoms with E-state index in [1.165, 1.54) is 0 Å². The molecule has 0 aliphatic heterocycles. The van der Waals surface area contributed by atoms with Gasteiger partial charge >= 0.3 is 14.2 Å². The highest BCUT2D eigenvalue weighted by Crippen LogP contribution is 2.42. The zero-order chi connectivity index (χ0) is 21.0. The van der Waals surface area contributed by atoms with Gasteiger partial charge in [0.1, 0.15) is 5.60 Å². The highest BCUT2D eigenvalue weighted by molar-refractivity contribution is 7.32. The van der Waals surface area contributed by atoms with Crippen molar-refractivity contribution >= 4 is 14.2 Å². The third kappa shape index (κ3) is 8.26. The molecule has 152 valence electrons. The van der Waals surface area contributed by atoms with Crippen LogP contribution in [0.5, 0.6) is 0 Å². The molecule has 7 heteroatoms. The van der Waals surface area contributed by atoms with Gasteiger partial charge in [0.2, 0.25) is 5.79 Å². The predicted molar refractivity (Wildman–Crippen MR) is 103 cm³/mol. The quantitative estimate of drug-likeness (QED) is 0.254. The standard InChI is InChI=1S/C19H35O6P/c1-14(2)13-19(10,16(3,4)5)15(20)24-17(6,7)11-12-23-18(8,9)25-26(21)22/h13H,11-12H2,1-10H3/p+1. The van der Waals surface area contributed by atoms with Gasteiger partial charge in [-0.1, -0.05) is 36.9 Å². The molecule has 2 atom stereocenters. The maximum Gasteiger partial charge on any atom is 0.697 e. The minimum atomic E-state index is -2.75. The second kappa shape index (κ2) is 8.92. The summed E-state index contributed by atoms with van der Waals surface area (Å²) in [6.07, 6.45) is 2.37. The molecular weight excluding hydrogens is 355 g/mol. The Morgan fingerprint density at radius 1 is 1.04 bits per heavy atom. The summed E-state index contributed by atoms with van der Waals surface area (Å²) in [6.45, 7) is 18.8. The molecule has 0 rings (SSSR count). The molecular formula is C19H36O6P+. The van der Waals surface area contributed by atoms with E-state index in [0.29, 0.717) is 6.42 Å². The Hall–Kier alpha value is -0.810. The highest BCUT2D eigenvalue weighted by Gasteiger charge is 2.45. The molecule has 0 radical (unpaired) electrons. The average molecular weight is 391 g/mol. The fourth-order valence-corrected chi connectivity index (χ4v) is 2.75. The van der Waals surface area contributed by atoms with Gasteiger partial charge < -0.3 is 9.47 Å². The molecule has 0 saturated carbocycles. The van der Waals surface area contributed by atoms with Crippen LogP contribution in [0, 0.1) is 10.8 Å². The zero-order valence-corrected chi connectivity index (χ0v) is 18.8. The van der Waals surface area contributed by atoms with Gasteiger partial charge in [0.25, 0.3) is 0 Å². The van der Waals surface area contributed by atoms with Crippen molar-refractivity contribution in [1.82, 2.24) is 0 Å². The maximum absolute atomic E-state index is 13.0. The second-order valence-corrected chi connectivity index (χ2v) is 9.81. The lowest BCUT2D eigenvalue weighted by Crippen LogP contribution is -2.44. The summed E-state index contributed by atoms with van der Waals surface area (Å²) in [5, 5.41) is 0. The van der Waals surface area contributed by atoms with Crippen molar-refractivity contribution in [2.75, 3.05) is 6.61 Å². The number of hydrogen-bond acceptors (Lipinski definition) is 5. The van der Waals surface area contributed by atoms with E-state index in [1.807, 2.05) is 61.5 Å². The Kier molecular flexibility index (Phi) is 8.64. The van der Waals surface area contributed by atoms with E-state index in [0.717, 1.165) is 5.57 Å². The fraction of sp³-hybridized carbons (Fsp3) is 0.842. The van der Waals surface area contributed by atoms with Crippen molar-refractivity contribution in [3.63, 3.8) is 0 Å². The summed E-state index contributed by atoms with van der Waals surface area (Å²) in [5.74, 6) is -1.48. The molecule has 0 heterocycles. The summed E-state index contributed by atoms with van der Waals surface area (Å²) < 4.78 is 26.9. The fourth-order valence-electron chi connectivity index (χ4n) is 2.32. The van der Waals surface area contributed by atoms with Crippen LogP contribution in [0.3, 0.4) is 0 Å². The Labute approximate surface area is 159 Å². The monoisotopic (exact) mass is 391 g/mol. The molecule has 6 nitrogen and oxygen atoms in total. The molecule has 0 aromatic rings. The van der Waals surface area contributed by atoms with Crippen LogP contribution in [-0.2, 0) is 23.4 Å². The van der Waals surface area contributed by atoms with Crippen LogP contribution in [0.1, 0.15) is 75.7 Å². The largest absolute Gasteiger partial charge is 0.697 e. The van der Waals surface area contributed by atoms with Crippen LogP contribution in [0.2, 0.25) is 0 Å². The van der Waals surface area contributed by atoms with Crippen LogP contribution >= 0.6 is 8.25 Å². The van der Waals surface area contributed by atoms with E-state index in [4.69, 9.17) is 18.9 Å². The van der Waals surface area contributed by atoms with Gasteiger partial charge in [0, 0.05) is 11.0 Å². The van der Waals surface area contributed by atoms with Gasteiger partial charge in [-0.3, -0.25) is 4.79 Å². The third-order valence-corrected chi connectivity index (χ3v) is 4.98. The van der Waals surface area contributed by atoms with E-state index >= 15 is 0 Å². The Morgan fingerprint density at radius 2 is 1.54 bits per heavy atom. The third-order valence-electron chi connectivity index (χ3n) is 4.38. The predicted octanol–water partition coefficient (Wildman–Crippen LogP) is 5.14. The van der Waals surface area contributed by atoms with Crippen molar-refractivity contribution < 1.29 is 28.3 Å². The van der Waals surface area contributed by atoms with Crippen molar-refractivity contribution in [3.8, 4) is 0 Å². The summed E-state index contributed by atoms with van der Waals surface area (Å²) in [6, 6.07) is 0. The van der Waals surface area contributed by atoms with Gasteiger partial charge in [-0.25, -0.2) is 0 Å². The first-order valence-electron chi connectivity index (χ1n) is 8.81. The van der Waals surface area contributed by atoms with Crippen LogP contribution in [0.15, 0.2) is 11.6 Å². The maximum atomic E-state index is 13.0. The van der Waals surface area contributed by atoms with E-state index < -0.39 is 25.1 Å². The summed E-state index contributed by atoms with van der Waals surface area (Å²) >= 11 is 0. The molecule has 0 aliphatic carbocycles. The number of carbonyl (C=O) groups excluding carboxylic acids is 1. The minimum Gasteiger partial charge on any atom is -0.459 e. The van der Waals surface area contributed by atoms with Crippen molar-refractivity contribution in [1.29, 1.82) is 0 Å². The Morgan fingerprint density at radius 3 is 1.92 bits per heavy atom. The number of rotatable bonds is 9.